The van der Waals surface area contributed by atoms with E-state index in [-0.39, 0.29) is 0 Å². The van der Waals surface area contributed by atoms with E-state index < -0.39 is 0 Å². The Kier molecular flexibility index (Phi) is 2.57. The lowest BCUT2D eigenvalue weighted by molar-refractivity contribution is 0.267. The van der Waals surface area contributed by atoms with E-state index in [9.17, 15) is 0 Å². The van der Waals surface area contributed by atoms with Gasteiger partial charge in [0.15, 0.2) is 0 Å². The fourth-order valence-electron chi connectivity index (χ4n) is 1.97. The molecule has 72 valence electrons. The third-order valence-electron chi connectivity index (χ3n) is 2.68. The van der Waals surface area contributed by atoms with Crippen LogP contribution in [0.1, 0.15) is 26.2 Å². The van der Waals surface area contributed by atoms with Gasteiger partial charge in [-0.15, -0.1) is 5.10 Å². The topological polar surface area (TPSA) is 40.3 Å². The van der Waals surface area contributed by atoms with Crippen LogP contribution in [0.2, 0.25) is 0 Å². The predicted octanol–water partition coefficient (Wildman–Crippen LogP) is 1.89. The summed E-state index contributed by atoms with van der Waals surface area (Å²) in [4.78, 5) is 2.37. The molecule has 2 aliphatic rings. The Morgan fingerprint density at radius 2 is 2.38 bits per heavy atom. The Balaban J connectivity index is 1.98. The molecule has 1 saturated heterocycles. The standard InChI is InChI=1S/C9H16N4/c1-8-3-2-6-13(7-8)9-4-5-10-12-11-9/h8H,2-7H2,1H3. The van der Waals surface area contributed by atoms with Crippen molar-refractivity contribution < 1.29 is 0 Å². The van der Waals surface area contributed by atoms with Crippen LogP contribution in [0.4, 0.5) is 0 Å². The molecule has 2 rings (SSSR count). The first-order chi connectivity index (χ1) is 6.36. The summed E-state index contributed by atoms with van der Waals surface area (Å²) in [5.41, 5.74) is 0. The lowest BCUT2D eigenvalue weighted by atomic mass is 10.00. The monoisotopic (exact) mass is 180 g/mol. The van der Waals surface area contributed by atoms with E-state index in [1.807, 2.05) is 0 Å². The van der Waals surface area contributed by atoms with E-state index in [4.69, 9.17) is 0 Å². The number of rotatable bonds is 0. The minimum atomic E-state index is 0.801. The molecule has 0 aliphatic carbocycles. The third kappa shape index (κ3) is 2.05. The van der Waals surface area contributed by atoms with Crippen LogP contribution in [0.25, 0.3) is 0 Å². The summed E-state index contributed by atoms with van der Waals surface area (Å²) in [6.45, 7) is 5.41. The lowest BCUT2D eigenvalue weighted by Crippen LogP contribution is -2.39. The summed E-state index contributed by atoms with van der Waals surface area (Å²) in [6.07, 6.45) is 3.61. The molecule has 4 nitrogen and oxygen atoms in total. The van der Waals surface area contributed by atoms with Crippen molar-refractivity contribution in [1.82, 2.24) is 4.90 Å². The van der Waals surface area contributed by atoms with Crippen molar-refractivity contribution in [3.8, 4) is 0 Å². The van der Waals surface area contributed by atoms with E-state index in [2.05, 4.69) is 27.3 Å². The zero-order chi connectivity index (χ0) is 9.10. The summed E-state index contributed by atoms with van der Waals surface area (Å²) in [5, 5.41) is 11.7. The van der Waals surface area contributed by atoms with E-state index in [1.165, 1.54) is 12.8 Å². The average Bonchev–Trinajstić information content (AvgIpc) is 2.19. The molecule has 1 atom stereocenters. The summed E-state index contributed by atoms with van der Waals surface area (Å²) in [5.74, 6) is 1.94. The first kappa shape index (κ1) is 8.66. The van der Waals surface area contributed by atoms with Crippen LogP contribution >= 0.6 is 0 Å². The number of hydrogen-bond donors (Lipinski definition) is 0. The van der Waals surface area contributed by atoms with Gasteiger partial charge in [-0.05, 0) is 24.0 Å². The van der Waals surface area contributed by atoms with Crippen LogP contribution in [-0.2, 0) is 0 Å². The number of likely N-dealkylation sites (tertiary alicyclic amines) is 1. The van der Waals surface area contributed by atoms with Crippen molar-refractivity contribution in [3.63, 3.8) is 0 Å². The van der Waals surface area contributed by atoms with Gasteiger partial charge in [0.2, 0.25) is 0 Å². The minimum Gasteiger partial charge on any atom is -0.358 e. The number of piperidine rings is 1. The van der Waals surface area contributed by atoms with Crippen LogP contribution in [0.5, 0.6) is 0 Å². The molecule has 0 amide bonds. The quantitative estimate of drug-likeness (QED) is 0.561. The van der Waals surface area contributed by atoms with Gasteiger partial charge >= 0.3 is 0 Å². The Hall–Kier alpha value is -0.930. The van der Waals surface area contributed by atoms with Crippen molar-refractivity contribution >= 4 is 5.84 Å². The summed E-state index contributed by atoms with van der Waals surface area (Å²) in [7, 11) is 0. The second-order valence-electron chi connectivity index (χ2n) is 3.91. The number of nitrogens with zero attached hydrogens (tertiary/aromatic N) is 4. The molecule has 0 aromatic carbocycles. The zero-order valence-corrected chi connectivity index (χ0v) is 8.11. The Morgan fingerprint density at radius 3 is 3.08 bits per heavy atom. The SMILES string of the molecule is CC1CCCN(C2=NN=NCC2)C1. The van der Waals surface area contributed by atoms with E-state index in [0.717, 1.165) is 37.8 Å². The highest BCUT2D eigenvalue weighted by molar-refractivity contribution is 5.82. The maximum atomic E-state index is 4.09. The van der Waals surface area contributed by atoms with Crippen molar-refractivity contribution in [2.45, 2.75) is 26.2 Å². The fourth-order valence-corrected chi connectivity index (χ4v) is 1.97. The van der Waals surface area contributed by atoms with E-state index in [0.29, 0.717) is 0 Å². The molecule has 13 heavy (non-hydrogen) atoms. The molecule has 0 aromatic heterocycles. The van der Waals surface area contributed by atoms with E-state index in [1.54, 1.807) is 0 Å². The van der Waals surface area contributed by atoms with Crippen molar-refractivity contribution in [3.05, 3.63) is 0 Å². The minimum absolute atomic E-state index is 0.801. The normalized spacial score (nSPS) is 28.8. The second kappa shape index (κ2) is 3.85. The molecule has 0 N–H and O–H groups in total. The molecular formula is C9H16N4. The molecule has 0 bridgehead atoms. The van der Waals surface area contributed by atoms with Gasteiger partial charge in [-0.2, -0.15) is 5.11 Å². The molecular weight excluding hydrogens is 164 g/mol. The van der Waals surface area contributed by atoms with Gasteiger partial charge in [-0.3, -0.25) is 0 Å². The highest BCUT2D eigenvalue weighted by atomic mass is 15.4. The Labute approximate surface area is 78.7 Å². The van der Waals surface area contributed by atoms with Gasteiger partial charge < -0.3 is 4.90 Å². The fraction of sp³-hybridized carbons (Fsp3) is 0.889. The maximum Gasteiger partial charge on any atom is 0.131 e. The van der Waals surface area contributed by atoms with Crippen LogP contribution in [0.15, 0.2) is 15.4 Å². The summed E-state index contributed by atoms with van der Waals surface area (Å²) < 4.78 is 0. The Bertz CT molecular complexity index is 234. The molecule has 2 heterocycles. The lowest BCUT2D eigenvalue weighted by Gasteiger charge is -2.33. The highest BCUT2D eigenvalue weighted by Gasteiger charge is 2.20. The van der Waals surface area contributed by atoms with Gasteiger partial charge in [-0.25, -0.2) is 0 Å². The first-order valence-corrected chi connectivity index (χ1v) is 5.04. The van der Waals surface area contributed by atoms with Crippen LogP contribution in [0, 0.1) is 5.92 Å². The highest BCUT2D eigenvalue weighted by Crippen LogP contribution is 2.17. The Morgan fingerprint density at radius 1 is 1.46 bits per heavy atom. The largest absolute Gasteiger partial charge is 0.358 e. The maximum absolute atomic E-state index is 4.09. The molecule has 0 saturated carbocycles. The molecule has 1 fully saturated rings. The molecule has 1 unspecified atom stereocenters. The van der Waals surface area contributed by atoms with Crippen LogP contribution in [-0.4, -0.2) is 30.4 Å². The summed E-state index contributed by atoms with van der Waals surface area (Å²) in [6, 6.07) is 0. The van der Waals surface area contributed by atoms with Crippen LogP contribution in [0.3, 0.4) is 0 Å². The van der Waals surface area contributed by atoms with Crippen LogP contribution < -0.4 is 0 Å². The van der Waals surface area contributed by atoms with Gasteiger partial charge in [0.1, 0.15) is 5.84 Å². The van der Waals surface area contributed by atoms with Crippen molar-refractivity contribution in [2.24, 2.45) is 21.4 Å². The molecule has 0 radical (unpaired) electrons. The van der Waals surface area contributed by atoms with Crippen molar-refractivity contribution in [1.29, 1.82) is 0 Å². The molecule has 4 heteroatoms. The van der Waals surface area contributed by atoms with Gasteiger partial charge in [0, 0.05) is 19.5 Å². The second-order valence-corrected chi connectivity index (χ2v) is 3.91. The first-order valence-electron chi connectivity index (χ1n) is 5.04. The van der Waals surface area contributed by atoms with Gasteiger partial charge in [0.25, 0.3) is 0 Å². The summed E-state index contributed by atoms with van der Waals surface area (Å²) >= 11 is 0. The van der Waals surface area contributed by atoms with Gasteiger partial charge in [-0.1, -0.05) is 6.92 Å². The number of amidine groups is 1. The zero-order valence-electron chi connectivity index (χ0n) is 8.11. The smallest absolute Gasteiger partial charge is 0.131 e. The third-order valence-corrected chi connectivity index (χ3v) is 2.68. The predicted molar refractivity (Wildman–Crippen MR) is 51.7 cm³/mol. The molecule has 0 aromatic rings. The molecule has 2 aliphatic heterocycles. The van der Waals surface area contributed by atoms with E-state index >= 15 is 0 Å². The van der Waals surface area contributed by atoms with Crippen molar-refractivity contribution in [2.75, 3.05) is 19.6 Å². The molecule has 0 spiro atoms. The number of hydrogen-bond acceptors (Lipinski definition) is 4. The average molecular weight is 180 g/mol. The van der Waals surface area contributed by atoms with Gasteiger partial charge in [0.05, 0.1) is 6.54 Å².